The van der Waals surface area contributed by atoms with Crippen molar-refractivity contribution in [2.24, 2.45) is 0 Å². The lowest BCUT2D eigenvalue weighted by Gasteiger charge is -2.25. The fraction of sp³-hybridized carbons (Fsp3) is 0.385. The Morgan fingerprint density at radius 2 is 1.95 bits per heavy atom. The number of nitrogens with one attached hydrogen (secondary N) is 2. The molecule has 0 heterocycles. The number of aliphatic carboxylic acids is 1. The van der Waals surface area contributed by atoms with Gasteiger partial charge in [-0.1, -0.05) is 18.9 Å². The van der Waals surface area contributed by atoms with Crippen molar-refractivity contribution in [3.8, 4) is 0 Å². The number of hydrogen-bond donors (Lipinski definition) is 3. The van der Waals surface area contributed by atoms with Crippen molar-refractivity contribution >= 4 is 17.7 Å². The van der Waals surface area contributed by atoms with Crippen molar-refractivity contribution < 1.29 is 19.1 Å². The molecule has 1 aromatic rings. The lowest BCUT2D eigenvalue weighted by Crippen LogP contribution is -2.53. The Kier molecular flexibility index (Phi) is 3.69. The second-order valence-corrected chi connectivity index (χ2v) is 4.68. The van der Waals surface area contributed by atoms with Crippen LogP contribution in [0.3, 0.4) is 0 Å². The Hall–Kier alpha value is -2.11. The van der Waals surface area contributed by atoms with Crippen molar-refractivity contribution in [3.05, 3.63) is 30.1 Å². The maximum atomic E-state index is 13.0. The average Bonchev–Trinajstić information content (AvgIpc) is 2.78. The van der Waals surface area contributed by atoms with E-state index >= 15 is 0 Å². The van der Waals surface area contributed by atoms with E-state index in [1.165, 1.54) is 24.3 Å². The van der Waals surface area contributed by atoms with Crippen LogP contribution in [0.2, 0.25) is 0 Å². The van der Waals surface area contributed by atoms with Crippen LogP contribution in [-0.2, 0) is 4.79 Å². The molecular weight excluding hydrogens is 251 g/mol. The molecule has 3 N–H and O–H groups in total. The summed E-state index contributed by atoms with van der Waals surface area (Å²) in [5.74, 6) is -1.49. The topological polar surface area (TPSA) is 78.4 Å². The fourth-order valence-corrected chi connectivity index (χ4v) is 2.32. The van der Waals surface area contributed by atoms with Crippen LogP contribution in [0.1, 0.15) is 25.7 Å². The summed E-state index contributed by atoms with van der Waals surface area (Å²) < 4.78 is 13.0. The molecule has 0 aromatic heterocycles. The third-order valence-electron chi connectivity index (χ3n) is 3.30. The molecule has 2 amide bonds. The van der Waals surface area contributed by atoms with Gasteiger partial charge >= 0.3 is 12.0 Å². The molecule has 5 nitrogen and oxygen atoms in total. The summed E-state index contributed by atoms with van der Waals surface area (Å²) in [4.78, 5) is 23.0. The van der Waals surface area contributed by atoms with Crippen molar-refractivity contribution in [1.82, 2.24) is 5.32 Å². The van der Waals surface area contributed by atoms with Gasteiger partial charge in [-0.15, -0.1) is 0 Å². The Bertz CT molecular complexity index is 498. The highest BCUT2D eigenvalue weighted by Crippen LogP contribution is 2.30. The molecule has 19 heavy (non-hydrogen) atoms. The van der Waals surface area contributed by atoms with Gasteiger partial charge in [0.25, 0.3) is 0 Å². The molecule has 102 valence electrons. The van der Waals surface area contributed by atoms with Gasteiger partial charge in [-0.25, -0.2) is 14.0 Å². The summed E-state index contributed by atoms with van der Waals surface area (Å²) in [6.07, 6.45) is 2.37. The smallest absolute Gasteiger partial charge is 0.329 e. The molecule has 0 bridgehead atoms. The van der Waals surface area contributed by atoms with Gasteiger partial charge in [-0.2, -0.15) is 0 Å². The number of carbonyl (C=O) groups excluding carboxylic acids is 1. The predicted molar refractivity (Wildman–Crippen MR) is 67.4 cm³/mol. The zero-order valence-corrected chi connectivity index (χ0v) is 10.3. The minimum atomic E-state index is -1.20. The molecule has 1 aliphatic carbocycles. The standard InChI is InChI=1S/C13H15FN2O3/c14-9-4-3-5-10(8-9)15-12(19)16-13(11(17)18)6-1-2-7-13/h3-5,8H,1-2,6-7H2,(H,17,18)(H2,15,16,19). The molecule has 1 saturated carbocycles. The van der Waals surface area contributed by atoms with Crippen LogP contribution in [0.5, 0.6) is 0 Å². The number of anilines is 1. The molecule has 2 rings (SSSR count). The maximum absolute atomic E-state index is 13.0. The van der Waals surface area contributed by atoms with Crippen LogP contribution in [0.25, 0.3) is 0 Å². The first kappa shape index (κ1) is 13.3. The van der Waals surface area contributed by atoms with Gasteiger partial charge in [0.1, 0.15) is 11.4 Å². The van der Waals surface area contributed by atoms with E-state index in [0.29, 0.717) is 12.8 Å². The summed E-state index contributed by atoms with van der Waals surface area (Å²) in [6, 6.07) is 4.80. The summed E-state index contributed by atoms with van der Waals surface area (Å²) in [6.45, 7) is 0. The monoisotopic (exact) mass is 266 g/mol. The molecule has 6 heteroatoms. The van der Waals surface area contributed by atoms with Crippen LogP contribution in [0.4, 0.5) is 14.9 Å². The number of carboxylic acid groups (broad SMARTS) is 1. The number of halogens is 1. The van der Waals surface area contributed by atoms with Crippen LogP contribution >= 0.6 is 0 Å². The first-order chi connectivity index (χ1) is 9.02. The van der Waals surface area contributed by atoms with Gasteiger partial charge in [-0.3, -0.25) is 0 Å². The second kappa shape index (κ2) is 5.26. The molecule has 1 aromatic carbocycles. The number of urea groups is 1. The van der Waals surface area contributed by atoms with Crippen LogP contribution in [-0.4, -0.2) is 22.6 Å². The largest absolute Gasteiger partial charge is 0.480 e. The maximum Gasteiger partial charge on any atom is 0.329 e. The first-order valence-electron chi connectivity index (χ1n) is 6.10. The van der Waals surface area contributed by atoms with E-state index in [1.54, 1.807) is 0 Å². The van der Waals surface area contributed by atoms with Crippen molar-refractivity contribution in [3.63, 3.8) is 0 Å². The Morgan fingerprint density at radius 1 is 1.26 bits per heavy atom. The Balaban J connectivity index is 2.02. The molecular formula is C13H15FN2O3. The molecule has 0 aliphatic heterocycles. The summed E-state index contributed by atoms with van der Waals surface area (Å²) >= 11 is 0. The van der Waals surface area contributed by atoms with Gasteiger partial charge in [0.05, 0.1) is 0 Å². The number of rotatable bonds is 3. The lowest BCUT2D eigenvalue weighted by atomic mass is 9.98. The molecule has 0 radical (unpaired) electrons. The average molecular weight is 266 g/mol. The highest BCUT2D eigenvalue weighted by molar-refractivity contribution is 5.94. The van der Waals surface area contributed by atoms with Crippen LogP contribution in [0.15, 0.2) is 24.3 Å². The summed E-state index contributed by atoms with van der Waals surface area (Å²) in [5, 5.41) is 14.1. The van der Waals surface area contributed by atoms with Crippen LogP contribution < -0.4 is 10.6 Å². The number of amides is 2. The normalized spacial score (nSPS) is 16.9. The molecule has 1 aliphatic rings. The number of carbonyl (C=O) groups is 2. The van der Waals surface area contributed by atoms with E-state index in [2.05, 4.69) is 10.6 Å². The van der Waals surface area contributed by atoms with E-state index in [1.807, 2.05) is 0 Å². The van der Waals surface area contributed by atoms with Crippen molar-refractivity contribution in [2.45, 2.75) is 31.2 Å². The van der Waals surface area contributed by atoms with E-state index in [9.17, 15) is 19.1 Å². The van der Waals surface area contributed by atoms with Gasteiger partial charge in [0.2, 0.25) is 0 Å². The number of hydrogen-bond acceptors (Lipinski definition) is 2. The zero-order valence-electron chi connectivity index (χ0n) is 10.3. The Labute approximate surface area is 109 Å². The van der Waals surface area contributed by atoms with E-state index in [0.717, 1.165) is 12.8 Å². The van der Waals surface area contributed by atoms with Gasteiger partial charge in [-0.05, 0) is 31.0 Å². The third-order valence-corrected chi connectivity index (χ3v) is 3.30. The van der Waals surface area contributed by atoms with Crippen molar-refractivity contribution in [1.29, 1.82) is 0 Å². The van der Waals surface area contributed by atoms with Crippen molar-refractivity contribution in [2.75, 3.05) is 5.32 Å². The third kappa shape index (κ3) is 3.01. The minimum absolute atomic E-state index is 0.288. The highest BCUT2D eigenvalue weighted by atomic mass is 19.1. The van der Waals surface area contributed by atoms with E-state index in [4.69, 9.17) is 0 Å². The minimum Gasteiger partial charge on any atom is -0.480 e. The molecule has 0 saturated heterocycles. The van der Waals surface area contributed by atoms with E-state index < -0.39 is 23.4 Å². The van der Waals surface area contributed by atoms with Gasteiger partial charge < -0.3 is 15.7 Å². The van der Waals surface area contributed by atoms with Crippen LogP contribution in [0, 0.1) is 5.82 Å². The second-order valence-electron chi connectivity index (χ2n) is 4.68. The summed E-state index contributed by atoms with van der Waals surface area (Å²) in [7, 11) is 0. The SMILES string of the molecule is O=C(Nc1cccc(F)c1)NC1(C(=O)O)CCCC1. The predicted octanol–water partition coefficient (Wildman–Crippen LogP) is 2.34. The highest BCUT2D eigenvalue weighted by Gasteiger charge is 2.42. The lowest BCUT2D eigenvalue weighted by molar-refractivity contribution is -0.144. The molecule has 0 unspecified atom stereocenters. The fourth-order valence-electron chi connectivity index (χ4n) is 2.32. The van der Waals surface area contributed by atoms with E-state index in [-0.39, 0.29) is 5.69 Å². The van der Waals surface area contributed by atoms with Gasteiger partial charge in [0, 0.05) is 5.69 Å². The summed E-state index contributed by atoms with van der Waals surface area (Å²) in [5.41, 5.74) is -0.909. The molecule has 1 fully saturated rings. The molecule has 0 spiro atoms. The zero-order chi connectivity index (χ0) is 13.9. The first-order valence-corrected chi connectivity index (χ1v) is 6.10. The number of carboxylic acids is 1. The number of benzene rings is 1. The Morgan fingerprint density at radius 3 is 2.53 bits per heavy atom. The quantitative estimate of drug-likeness (QED) is 0.785. The van der Waals surface area contributed by atoms with Gasteiger partial charge in [0.15, 0.2) is 0 Å². The molecule has 0 atom stereocenters.